The average Bonchev–Trinajstić information content (AvgIpc) is 2.77. The van der Waals surface area contributed by atoms with Crippen LogP contribution in [-0.4, -0.2) is 15.6 Å². The van der Waals surface area contributed by atoms with E-state index in [0.29, 0.717) is 4.32 Å². The highest BCUT2D eigenvalue weighted by atomic mass is 32.2. The zero-order valence-electron chi connectivity index (χ0n) is 11.4. The van der Waals surface area contributed by atoms with Crippen molar-refractivity contribution < 1.29 is 4.79 Å². The van der Waals surface area contributed by atoms with E-state index in [1.54, 1.807) is 4.90 Å². The summed E-state index contributed by atoms with van der Waals surface area (Å²) in [4.78, 5) is 14.2. The molecule has 1 atom stereocenters. The molecule has 1 N–H and O–H groups in total. The van der Waals surface area contributed by atoms with Crippen LogP contribution in [0.5, 0.6) is 0 Å². The zero-order valence-corrected chi connectivity index (χ0v) is 13.1. The number of carbonyl (C=O) groups is 1. The number of carbonyl (C=O) groups excluding carboxylic acids is 1. The van der Waals surface area contributed by atoms with Gasteiger partial charge in [-0.2, -0.15) is 0 Å². The summed E-state index contributed by atoms with van der Waals surface area (Å²) in [6, 6.07) is 17.4. The number of amides is 1. The molecule has 0 aromatic heterocycles. The minimum absolute atomic E-state index is 0.0283. The first-order chi connectivity index (χ1) is 10.2. The van der Waals surface area contributed by atoms with Crippen LogP contribution in [0.15, 0.2) is 54.6 Å². The van der Waals surface area contributed by atoms with E-state index in [1.807, 2.05) is 61.5 Å². The quantitative estimate of drug-likeness (QED) is 0.874. The SMILES string of the molecule is Cc1ccccc1N[C@H]1SC(=S)N(c2ccccc2)C1=O. The van der Waals surface area contributed by atoms with E-state index in [0.717, 1.165) is 16.9 Å². The summed E-state index contributed by atoms with van der Waals surface area (Å²) in [7, 11) is 0. The van der Waals surface area contributed by atoms with Crippen LogP contribution in [0.1, 0.15) is 5.56 Å². The molecule has 106 valence electrons. The fraction of sp³-hybridized carbons (Fsp3) is 0.125. The van der Waals surface area contributed by atoms with Crippen molar-refractivity contribution in [1.29, 1.82) is 0 Å². The Morgan fingerprint density at radius 1 is 1.10 bits per heavy atom. The number of thiocarbonyl (C=S) groups is 1. The number of nitrogens with zero attached hydrogens (tertiary/aromatic N) is 1. The summed E-state index contributed by atoms with van der Waals surface area (Å²) in [5.41, 5.74) is 2.88. The summed E-state index contributed by atoms with van der Waals surface area (Å²) in [5, 5.41) is 2.90. The number of aryl methyl sites for hydroxylation is 1. The number of hydrogen-bond acceptors (Lipinski definition) is 4. The maximum Gasteiger partial charge on any atom is 0.266 e. The molecule has 5 heteroatoms. The number of para-hydroxylation sites is 2. The summed E-state index contributed by atoms with van der Waals surface area (Å²) in [5.74, 6) is -0.0283. The maximum atomic E-state index is 12.6. The Kier molecular flexibility index (Phi) is 3.94. The van der Waals surface area contributed by atoms with Crippen molar-refractivity contribution in [2.45, 2.75) is 12.3 Å². The topological polar surface area (TPSA) is 32.3 Å². The van der Waals surface area contributed by atoms with Crippen molar-refractivity contribution in [3.05, 3.63) is 60.2 Å². The smallest absolute Gasteiger partial charge is 0.266 e. The van der Waals surface area contributed by atoms with E-state index in [-0.39, 0.29) is 11.3 Å². The van der Waals surface area contributed by atoms with E-state index in [4.69, 9.17) is 12.2 Å². The van der Waals surface area contributed by atoms with Crippen LogP contribution in [-0.2, 0) is 4.79 Å². The van der Waals surface area contributed by atoms with Gasteiger partial charge in [-0.3, -0.25) is 9.69 Å². The molecule has 3 rings (SSSR count). The van der Waals surface area contributed by atoms with Crippen molar-refractivity contribution >= 4 is 45.6 Å². The molecule has 3 nitrogen and oxygen atoms in total. The second kappa shape index (κ2) is 5.87. The normalized spacial score (nSPS) is 18.1. The van der Waals surface area contributed by atoms with Gasteiger partial charge in [0.2, 0.25) is 0 Å². The van der Waals surface area contributed by atoms with Crippen molar-refractivity contribution in [2.75, 3.05) is 10.2 Å². The molecule has 1 amide bonds. The van der Waals surface area contributed by atoms with Crippen molar-refractivity contribution in [3.8, 4) is 0 Å². The van der Waals surface area contributed by atoms with Crippen molar-refractivity contribution in [2.24, 2.45) is 0 Å². The Hall–Kier alpha value is -1.85. The number of thioether (sulfide) groups is 1. The number of rotatable bonds is 3. The number of benzene rings is 2. The van der Waals surface area contributed by atoms with Crippen LogP contribution < -0.4 is 10.2 Å². The zero-order chi connectivity index (χ0) is 14.8. The minimum atomic E-state index is -0.376. The fourth-order valence-electron chi connectivity index (χ4n) is 2.19. The van der Waals surface area contributed by atoms with E-state index >= 15 is 0 Å². The lowest BCUT2D eigenvalue weighted by atomic mass is 10.2. The fourth-order valence-corrected chi connectivity index (χ4v) is 3.57. The molecule has 0 saturated carbocycles. The Balaban J connectivity index is 1.83. The van der Waals surface area contributed by atoms with Crippen molar-refractivity contribution in [1.82, 2.24) is 0 Å². The van der Waals surface area contributed by atoms with Gasteiger partial charge in [-0.15, -0.1) is 0 Å². The predicted octanol–water partition coefficient (Wildman–Crippen LogP) is 3.80. The lowest BCUT2D eigenvalue weighted by molar-refractivity contribution is -0.116. The number of nitrogens with one attached hydrogen (secondary N) is 1. The van der Waals surface area contributed by atoms with Gasteiger partial charge in [0.15, 0.2) is 5.37 Å². The van der Waals surface area contributed by atoms with Crippen molar-refractivity contribution in [3.63, 3.8) is 0 Å². The highest BCUT2D eigenvalue weighted by Crippen LogP contribution is 2.33. The highest BCUT2D eigenvalue weighted by molar-refractivity contribution is 8.25. The second-order valence-corrected chi connectivity index (χ2v) is 6.47. The van der Waals surface area contributed by atoms with Gasteiger partial charge in [-0.25, -0.2) is 0 Å². The molecule has 0 spiro atoms. The second-order valence-electron chi connectivity index (χ2n) is 4.73. The van der Waals surface area contributed by atoms with Crippen LogP contribution in [0, 0.1) is 6.92 Å². The van der Waals surface area contributed by atoms with Crippen LogP contribution in [0.2, 0.25) is 0 Å². The first kappa shape index (κ1) is 14.1. The number of hydrogen-bond donors (Lipinski definition) is 1. The summed E-state index contributed by atoms with van der Waals surface area (Å²) < 4.78 is 0.581. The van der Waals surface area contributed by atoms with Gasteiger partial charge in [-0.1, -0.05) is 60.4 Å². The molecule has 1 fully saturated rings. The molecule has 2 aromatic carbocycles. The monoisotopic (exact) mass is 314 g/mol. The number of anilines is 2. The molecule has 0 aliphatic carbocycles. The average molecular weight is 314 g/mol. The highest BCUT2D eigenvalue weighted by Gasteiger charge is 2.38. The minimum Gasteiger partial charge on any atom is -0.365 e. The first-order valence-corrected chi connectivity index (χ1v) is 7.87. The molecular formula is C16H14N2OS2. The van der Waals surface area contributed by atoms with E-state index in [9.17, 15) is 4.79 Å². The van der Waals surface area contributed by atoms with Crippen LogP contribution in [0.4, 0.5) is 11.4 Å². The van der Waals surface area contributed by atoms with Gasteiger partial charge in [0.25, 0.3) is 5.91 Å². The summed E-state index contributed by atoms with van der Waals surface area (Å²) in [6.07, 6.45) is 0. The van der Waals surface area contributed by atoms with Crippen LogP contribution in [0.25, 0.3) is 0 Å². The van der Waals surface area contributed by atoms with E-state index in [1.165, 1.54) is 11.8 Å². The standard InChI is InChI=1S/C16H14N2OS2/c1-11-7-5-6-10-13(11)17-14-15(19)18(16(20)21-14)12-8-3-2-4-9-12/h2-10,14,17H,1H3/t14-/m0/s1. The predicted molar refractivity (Wildman–Crippen MR) is 92.7 cm³/mol. The summed E-state index contributed by atoms with van der Waals surface area (Å²) in [6.45, 7) is 2.01. The Bertz CT molecular complexity index is 688. The Labute approximate surface area is 133 Å². The molecule has 1 aliphatic heterocycles. The Morgan fingerprint density at radius 3 is 2.48 bits per heavy atom. The molecule has 2 aromatic rings. The van der Waals surface area contributed by atoms with Gasteiger partial charge in [-0.05, 0) is 30.7 Å². The lowest BCUT2D eigenvalue weighted by Crippen LogP contribution is -2.34. The molecule has 1 heterocycles. The third-order valence-electron chi connectivity index (χ3n) is 3.29. The molecule has 21 heavy (non-hydrogen) atoms. The van der Waals surface area contributed by atoms with Gasteiger partial charge in [0.1, 0.15) is 4.32 Å². The molecule has 0 radical (unpaired) electrons. The van der Waals surface area contributed by atoms with Gasteiger partial charge in [0.05, 0.1) is 5.69 Å². The van der Waals surface area contributed by atoms with Crippen LogP contribution >= 0.6 is 24.0 Å². The van der Waals surface area contributed by atoms with Crippen LogP contribution in [0.3, 0.4) is 0 Å². The third kappa shape index (κ3) is 2.80. The van der Waals surface area contributed by atoms with E-state index in [2.05, 4.69) is 5.32 Å². The third-order valence-corrected chi connectivity index (χ3v) is 4.70. The maximum absolute atomic E-state index is 12.6. The Morgan fingerprint density at radius 2 is 1.76 bits per heavy atom. The van der Waals surface area contributed by atoms with Gasteiger partial charge >= 0.3 is 0 Å². The van der Waals surface area contributed by atoms with E-state index < -0.39 is 0 Å². The molecular weight excluding hydrogens is 300 g/mol. The summed E-state index contributed by atoms with van der Waals surface area (Å²) >= 11 is 6.73. The first-order valence-electron chi connectivity index (χ1n) is 6.58. The lowest BCUT2D eigenvalue weighted by Gasteiger charge is -2.16. The molecule has 0 unspecified atom stereocenters. The molecule has 0 bridgehead atoms. The largest absolute Gasteiger partial charge is 0.365 e. The molecule has 1 saturated heterocycles. The molecule has 1 aliphatic rings. The van der Waals surface area contributed by atoms with Gasteiger partial charge in [0, 0.05) is 5.69 Å². The van der Waals surface area contributed by atoms with Gasteiger partial charge < -0.3 is 5.32 Å².